The van der Waals surface area contributed by atoms with Crippen molar-refractivity contribution in [2.45, 2.75) is 39.0 Å². The molecule has 92 valence electrons. The first-order valence-electron chi connectivity index (χ1n) is 6.96. The van der Waals surface area contributed by atoms with E-state index in [1.807, 2.05) is 6.20 Å². The summed E-state index contributed by atoms with van der Waals surface area (Å²) in [4.78, 5) is 4.66. The molecule has 0 saturated carbocycles. The molecule has 1 aliphatic rings. The number of aryl methyl sites for hydroxylation is 1. The van der Waals surface area contributed by atoms with Gasteiger partial charge in [0.25, 0.3) is 0 Å². The zero-order valence-corrected chi connectivity index (χ0v) is 10.9. The summed E-state index contributed by atoms with van der Waals surface area (Å²) in [5.41, 5.74) is 4.18. The van der Waals surface area contributed by atoms with Crippen molar-refractivity contribution in [3.05, 3.63) is 47.8 Å². The third kappa shape index (κ3) is 1.94. The molecule has 1 heteroatoms. The van der Waals surface area contributed by atoms with E-state index in [1.165, 1.54) is 53.3 Å². The Morgan fingerprint density at radius 1 is 1.17 bits per heavy atom. The molecular formula is C17H19N. The Hall–Kier alpha value is -1.63. The van der Waals surface area contributed by atoms with Crippen LogP contribution < -0.4 is 0 Å². The maximum Gasteiger partial charge on any atom is 0.0482 e. The molecule has 1 nitrogen and oxygen atoms in total. The highest BCUT2D eigenvalue weighted by molar-refractivity contribution is 5.94. The third-order valence-corrected chi connectivity index (χ3v) is 3.83. The Kier molecular flexibility index (Phi) is 3.14. The SMILES string of the molecule is CCc1ncc2ccccc2c1C1=CCCCC1. The summed E-state index contributed by atoms with van der Waals surface area (Å²) in [6.45, 7) is 2.20. The van der Waals surface area contributed by atoms with E-state index in [2.05, 4.69) is 42.2 Å². The highest BCUT2D eigenvalue weighted by Crippen LogP contribution is 2.33. The van der Waals surface area contributed by atoms with Gasteiger partial charge in [-0.1, -0.05) is 37.3 Å². The van der Waals surface area contributed by atoms with Crippen molar-refractivity contribution in [2.24, 2.45) is 0 Å². The first-order valence-corrected chi connectivity index (χ1v) is 6.96. The zero-order chi connectivity index (χ0) is 12.4. The van der Waals surface area contributed by atoms with Crippen molar-refractivity contribution in [3.8, 4) is 0 Å². The van der Waals surface area contributed by atoms with E-state index in [-0.39, 0.29) is 0 Å². The lowest BCUT2D eigenvalue weighted by molar-refractivity contribution is 0.741. The van der Waals surface area contributed by atoms with Crippen LogP contribution in [0.15, 0.2) is 36.5 Å². The molecular weight excluding hydrogens is 218 g/mol. The molecule has 0 unspecified atom stereocenters. The molecule has 0 fully saturated rings. The van der Waals surface area contributed by atoms with Crippen molar-refractivity contribution in [1.82, 2.24) is 4.98 Å². The van der Waals surface area contributed by atoms with E-state index >= 15 is 0 Å². The average molecular weight is 237 g/mol. The number of fused-ring (bicyclic) bond motifs is 1. The van der Waals surface area contributed by atoms with E-state index in [1.54, 1.807) is 0 Å². The van der Waals surface area contributed by atoms with Crippen LogP contribution in [0, 0.1) is 0 Å². The van der Waals surface area contributed by atoms with Gasteiger partial charge < -0.3 is 0 Å². The minimum Gasteiger partial charge on any atom is -0.260 e. The summed E-state index contributed by atoms with van der Waals surface area (Å²) in [5, 5.41) is 2.63. The van der Waals surface area contributed by atoms with Crippen LogP contribution in [0.4, 0.5) is 0 Å². The van der Waals surface area contributed by atoms with Crippen LogP contribution in [-0.2, 0) is 6.42 Å². The van der Waals surface area contributed by atoms with Crippen LogP contribution in [0.25, 0.3) is 16.3 Å². The molecule has 2 aromatic rings. The minimum absolute atomic E-state index is 1.01. The van der Waals surface area contributed by atoms with Crippen molar-refractivity contribution in [1.29, 1.82) is 0 Å². The predicted molar refractivity (Wildman–Crippen MR) is 77.6 cm³/mol. The summed E-state index contributed by atoms with van der Waals surface area (Å²) in [7, 11) is 0. The van der Waals surface area contributed by atoms with Gasteiger partial charge in [-0.3, -0.25) is 4.98 Å². The minimum atomic E-state index is 1.01. The van der Waals surface area contributed by atoms with Gasteiger partial charge in [0.05, 0.1) is 0 Å². The highest BCUT2D eigenvalue weighted by atomic mass is 14.7. The number of rotatable bonds is 2. The molecule has 3 rings (SSSR count). The maximum atomic E-state index is 4.66. The van der Waals surface area contributed by atoms with E-state index in [9.17, 15) is 0 Å². The maximum absolute atomic E-state index is 4.66. The van der Waals surface area contributed by atoms with Crippen molar-refractivity contribution < 1.29 is 0 Å². The molecule has 0 radical (unpaired) electrons. The summed E-state index contributed by atoms with van der Waals surface area (Å²) in [6, 6.07) is 8.62. The molecule has 18 heavy (non-hydrogen) atoms. The summed E-state index contributed by atoms with van der Waals surface area (Å²) in [6.07, 6.45) is 10.5. The van der Waals surface area contributed by atoms with E-state index < -0.39 is 0 Å². The molecule has 0 atom stereocenters. The van der Waals surface area contributed by atoms with Gasteiger partial charge in [0, 0.05) is 22.8 Å². The van der Waals surface area contributed by atoms with Crippen LogP contribution in [-0.4, -0.2) is 4.98 Å². The average Bonchev–Trinajstić information content (AvgIpc) is 2.47. The van der Waals surface area contributed by atoms with Crippen LogP contribution in [0.5, 0.6) is 0 Å². The predicted octanol–water partition coefficient (Wildman–Crippen LogP) is 4.75. The summed E-state index contributed by atoms with van der Waals surface area (Å²) >= 11 is 0. The Balaban J connectivity index is 2.26. The van der Waals surface area contributed by atoms with E-state index in [0.29, 0.717) is 0 Å². The lowest BCUT2D eigenvalue weighted by Gasteiger charge is -2.17. The molecule has 0 bridgehead atoms. The van der Waals surface area contributed by atoms with Gasteiger partial charge in [0.15, 0.2) is 0 Å². The Morgan fingerprint density at radius 3 is 2.83 bits per heavy atom. The van der Waals surface area contributed by atoms with Crippen LogP contribution in [0.3, 0.4) is 0 Å². The monoisotopic (exact) mass is 237 g/mol. The fraction of sp³-hybridized carbons (Fsp3) is 0.353. The fourth-order valence-corrected chi connectivity index (χ4v) is 2.90. The van der Waals surface area contributed by atoms with Gasteiger partial charge in [0.1, 0.15) is 0 Å². The number of aromatic nitrogens is 1. The quantitative estimate of drug-likeness (QED) is 0.734. The van der Waals surface area contributed by atoms with Crippen LogP contribution in [0.2, 0.25) is 0 Å². The molecule has 0 aliphatic heterocycles. The molecule has 0 amide bonds. The Bertz CT molecular complexity index is 596. The van der Waals surface area contributed by atoms with Crippen LogP contribution in [0.1, 0.15) is 43.9 Å². The number of pyridine rings is 1. The standard InChI is InChI=1S/C17H19N/c1-2-16-17(13-8-4-3-5-9-13)15-11-7-6-10-14(15)12-18-16/h6-8,10-12H,2-5,9H2,1H3. The Labute approximate surface area is 109 Å². The topological polar surface area (TPSA) is 12.9 Å². The number of hydrogen-bond acceptors (Lipinski definition) is 1. The second-order valence-electron chi connectivity index (χ2n) is 5.00. The molecule has 0 saturated heterocycles. The number of nitrogens with zero attached hydrogens (tertiary/aromatic N) is 1. The fourth-order valence-electron chi connectivity index (χ4n) is 2.90. The van der Waals surface area contributed by atoms with Gasteiger partial charge in [-0.2, -0.15) is 0 Å². The normalized spacial score (nSPS) is 15.7. The second kappa shape index (κ2) is 4.93. The molecule has 1 heterocycles. The van der Waals surface area contributed by atoms with Crippen molar-refractivity contribution >= 4 is 16.3 Å². The van der Waals surface area contributed by atoms with Crippen molar-refractivity contribution in [3.63, 3.8) is 0 Å². The van der Waals surface area contributed by atoms with Gasteiger partial charge in [-0.05, 0) is 43.1 Å². The largest absolute Gasteiger partial charge is 0.260 e. The lowest BCUT2D eigenvalue weighted by atomic mass is 9.89. The third-order valence-electron chi connectivity index (χ3n) is 3.83. The van der Waals surface area contributed by atoms with E-state index in [4.69, 9.17) is 0 Å². The summed E-state index contributed by atoms with van der Waals surface area (Å²) < 4.78 is 0. The first kappa shape index (κ1) is 11.5. The van der Waals surface area contributed by atoms with Gasteiger partial charge in [-0.15, -0.1) is 0 Å². The molecule has 1 aromatic carbocycles. The number of allylic oxidation sites excluding steroid dienone is 2. The summed E-state index contributed by atoms with van der Waals surface area (Å²) in [5.74, 6) is 0. The number of hydrogen-bond donors (Lipinski definition) is 0. The lowest BCUT2D eigenvalue weighted by Crippen LogP contribution is -2.00. The molecule has 0 N–H and O–H groups in total. The second-order valence-corrected chi connectivity index (χ2v) is 5.00. The van der Waals surface area contributed by atoms with E-state index in [0.717, 1.165) is 6.42 Å². The van der Waals surface area contributed by atoms with Gasteiger partial charge in [-0.25, -0.2) is 0 Å². The van der Waals surface area contributed by atoms with Crippen molar-refractivity contribution in [2.75, 3.05) is 0 Å². The van der Waals surface area contributed by atoms with Gasteiger partial charge >= 0.3 is 0 Å². The zero-order valence-electron chi connectivity index (χ0n) is 10.9. The smallest absolute Gasteiger partial charge is 0.0482 e. The number of benzene rings is 1. The molecule has 0 spiro atoms. The highest BCUT2D eigenvalue weighted by Gasteiger charge is 2.14. The Morgan fingerprint density at radius 2 is 2.06 bits per heavy atom. The first-order chi connectivity index (χ1) is 8.90. The van der Waals surface area contributed by atoms with Gasteiger partial charge in [0.2, 0.25) is 0 Å². The molecule has 1 aliphatic carbocycles. The van der Waals surface area contributed by atoms with Crippen LogP contribution >= 0.6 is 0 Å². The molecule has 1 aromatic heterocycles.